The maximum Gasteiger partial charge on any atom is 0.271 e. The summed E-state index contributed by atoms with van der Waals surface area (Å²) >= 11 is 0. The van der Waals surface area contributed by atoms with E-state index in [0.29, 0.717) is 23.7 Å². The van der Waals surface area contributed by atoms with E-state index < -0.39 is 10.8 Å². The van der Waals surface area contributed by atoms with Gasteiger partial charge in [0.1, 0.15) is 6.61 Å². The SMILES string of the molecule is COc1cccc(/C=N\NC(=O)c2cccc([N+](=O)[O-])c2)c1OCc1cccc2ccccc12. The largest absolute Gasteiger partial charge is 0.493 e. The van der Waals surface area contributed by atoms with Gasteiger partial charge >= 0.3 is 0 Å². The van der Waals surface area contributed by atoms with Crippen LogP contribution in [0.2, 0.25) is 0 Å². The van der Waals surface area contributed by atoms with E-state index in [4.69, 9.17) is 9.47 Å². The van der Waals surface area contributed by atoms with Crippen molar-refractivity contribution >= 4 is 28.6 Å². The van der Waals surface area contributed by atoms with Crippen LogP contribution in [0.1, 0.15) is 21.5 Å². The molecule has 0 heterocycles. The van der Waals surface area contributed by atoms with Gasteiger partial charge in [-0.25, -0.2) is 5.43 Å². The molecule has 0 atom stereocenters. The first kappa shape index (κ1) is 22.5. The quantitative estimate of drug-likeness (QED) is 0.226. The van der Waals surface area contributed by atoms with Gasteiger partial charge in [-0.05, 0) is 34.5 Å². The molecule has 0 radical (unpaired) electrons. The van der Waals surface area contributed by atoms with Crippen LogP contribution in [0.3, 0.4) is 0 Å². The summed E-state index contributed by atoms with van der Waals surface area (Å²) in [5, 5.41) is 17.1. The number of hydrogen-bond donors (Lipinski definition) is 1. The number of nitrogens with one attached hydrogen (secondary N) is 1. The zero-order valence-electron chi connectivity index (χ0n) is 18.3. The zero-order valence-corrected chi connectivity index (χ0v) is 18.3. The third-order valence-corrected chi connectivity index (χ3v) is 5.17. The number of amides is 1. The fourth-order valence-electron chi connectivity index (χ4n) is 3.50. The lowest BCUT2D eigenvalue weighted by Gasteiger charge is -2.14. The van der Waals surface area contributed by atoms with E-state index in [-0.39, 0.29) is 11.3 Å². The Balaban J connectivity index is 1.53. The number of hydrazone groups is 1. The minimum atomic E-state index is -0.568. The number of para-hydroxylation sites is 1. The van der Waals surface area contributed by atoms with E-state index in [2.05, 4.69) is 10.5 Å². The highest BCUT2D eigenvalue weighted by molar-refractivity contribution is 5.95. The van der Waals surface area contributed by atoms with Crippen LogP contribution >= 0.6 is 0 Å². The van der Waals surface area contributed by atoms with Crippen molar-refractivity contribution in [2.75, 3.05) is 7.11 Å². The third-order valence-electron chi connectivity index (χ3n) is 5.17. The first-order chi connectivity index (χ1) is 16.6. The Morgan fingerprint density at radius 3 is 2.62 bits per heavy atom. The Hall–Kier alpha value is -4.72. The monoisotopic (exact) mass is 455 g/mol. The standard InChI is InChI=1S/C26H21N3O5/c1-33-24-14-6-10-20(16-27-28-26(30)19-9-5-12-22(15-19)29(31)32)25(24)34-17-21-11-4-8-18-7-2-3-13-23(18)21/h2-16H,17H2,1H3,(H,28,30)/b27-16-. The molecule has 1 amide bonds. The van der Waals surface area contributed by atoms with Crippen LogP contribution in [0, 0.1) is 10.1 Å². The highest BCUT2D eigenvalue weighted by Crippen LogP contribution is 2.31. The second-order valence-corrected chi connectivity index (χ2v) is 7.31. The molecule has 0 spiro atoms. The van der Waals surface area contributed by atoms with Crippen LogP contribution in [0.5, 0.6) is 11.5 Å². The van der Waals surface area contributed by atoms with Gasteiger partial charge in [0, 0.05) is 23.3 Å². The molecule has 0 aliphatic heterocycles. The van der Waals surface area contributed by atoms with Gasteiger partial charge < -0.3 is 9.47 Å². The first-order valence-corrected chi connectivity index (χ1v) is 10.4. The summed E-state index contributed by atoms with van der Waals surface area (Å²) in [6, 6.07) is 24.9. The number of carbonyl (C=O) groups excluding carboxylic acids is 1. The van der Waals surface area contributed by atoms with Crippen molar-refractivity contribution in [2.45, 2.75) is 6.61 Å². The van der Waals surface area contributed by atoms with Crippen molar-refractivity contribution in [1.29, 1.82) is 0 Å². The molecule has 4 aromatic carbocycles. The molecule has 8 nitrogen and oxygen atoms in total. The molecule has 1 N–H and O–H groups in total. The molecule has 0 unspecified atom stereocenters. The lowest BCUT2D eigenvalue weighted by Crippen LogP contribution is -2.17. The summed E-state index contributed by atoms with van der Waals surface area (Å²) < 4.78 is 11.6. The number of nitrogens with zero attached hydrogens (tertiary/aromatic N) is 2. The fraction of sp³-hybridized carbons (Fsp3) is 0.0769. The molecule has 4 aromatic rings. The third kappa shape index (κ3) is 5.02. The van der Waals surface area contributed by atoms with E-state index in [1.54, 1.807) is 25.3 Å². The molecular formula is C26H21N3O5. The number of nitro groups is 1. The van der Waals surface area contributed by atoms with Crippen molar-refractivity contribution in [3.8, 4) is 11.5 Å². The van der Waals surface area contributed by atoms with E-state index in [1.165, 1.54) is 30.5 Å². The minimum Gasteiger partial charge on any atom is -0.493 e. The zero-order chi connectivity index (χ0) is 23.9. The maximum atomic E-state index is 12.3. The Kier molecular flexibility index (Phi) is 6.78. The van der Waals surface area contributed by atoms with Crippen LogP contribution in [-0.2, 0) is 6.61 Å². The summed E-state index contributed by atoms with van der Waals surface area (Å²) in [5.74, 6) is 0.432. The first-order valence-electron chi connectivity index (χ1n) is 10.4. The van der Waals surface area contributed by atoms with E-state index >= 15 is 0 Å². The predicted molar refractivity (Wildman–Crippen MR) is 129 cm³/mol. The van der Waals surface area contributed by atoms with Crippen molar-refractivity contribution in [1.82, 2.24) is 5.43 Å². The lowest BCUT2D eigenvalue weighted by atomic mass is 10.1. The van der Waals surface area contributed by atoms with Crippen LogP contribution in [0.4, 0.5) is 5.69 Å². The van der Waals surface area contributed by atoms with Crippen LogP contribution in [0.25, 0.3) is 10.8 Å². The van der Waals surface area contributed by atoms with Gasteiger partial charge in [0.15, 0.2) is 11.5 Å². The molecule has 0 aliphatic rings. The average Bonchev–Trinajstić information content (AvgIpc) is 2.87. The van der Waals surface area contributed by atoms with Crippen LogP contribution in [0.15, 0.2) is 90.0 Å². The van der Waals surface area contributed by atoms with Crippen LogP contribution < -0.4 is 14.9 Å². The molecule has 34 heavy (non-hydrogen) atoms. The highest BCUT2D eigenvalue weighted by Gasteiger charge is 2.13. The molecule has 170 valence electrons. The number of fused-ring (bicyclic) bond motifs is 1. The number of hydrogen-bond acceptors (Lipinski definition) is 6. The summed E-state index contributed by atoms with van der Waals surface area (Å²) in [5.41, 5.74) is 3.96. The van der Waals surface area contributed by atoms with Crippen LogP contribution in [-0.4, -0.2) is 24.2 Å². The molecule has 8 heteroatoms. The van der Waals surface area contributed by atoms with Gasteiger partial charge in [-0.15, -0.1) is 0 Å². The Morgan fingerprint density at radius 1 is 1.03 bits per heavy atom. The second kappa shape index (κ2) is 10.3. The number of ether oxygens (including phenoxy) is 2. The molecule has 0 aromatic heterocycles. The number of carbonyl (C=O) groups is 1. The van der Waals surface area contributed by atoms with Gasteiger partial charge in [-0.3, -0.25) is 14.9 Å². The Morgan fingerprint density at radius 2 is 1.79 bits per heavy atom. The molecule has 0 aliphatic carbocycles. The smallest absolute Gasteiger partial charge is 0.271 e. The predicted octanol–water partition coefficient (Wildman–Crippen LogP) is 5.10. The lowest BCUT2D eigenvalue weighted by molar-refractivity contribution is -0.384. The Labute approximate surface area is 195 Å². The van der Waals surface area contributed by atoms with Gasteiger partial charge in [0.25, 0.3) is 11.6 Å². The van der Waals surface area contributed by atoms with Gasteiger partial charge in [0.05, 0.1) is 18.2 Å². The van der Waals surface area contributed by atoms with Gasteiger partial charge in [-0.1, -0.05) is 54.6 Å². The van der Waals surface area contributed by atoms with Crippen molar-refractivity contribution in [3.05, 3.63) is 112 Å². The van der Waals surface area contributed by atoms with Crippen molar-refractivity contribution in [2.24, 2.45) is 5.10 Å². The highest BCUT2D eigenvalue weighted by atomic mass is 16.6. The average molecular weight is 455 g/mol. The molecule has 0 bridgehead atoms. The van der Waals surface area contributed by atoms with Crippen molar-refractivity contribution < 1.29 is 19.2 Å². The number of non-ortho nitro benzene ring substituents is 1. The molecular weight excluding hydrogens is 434 g/mol. The molecule has 0 saturated heterocycles. The van der Waals surface area contributed by atoms with Crippen molar-refractivity contribution in [3.63, 3.8) is 0 Å². The summed E-state index contributed by atoms with van der Waals surface area (Å²) in [7, 11) is 1.55. The fourth-order valence-corrected chi connectivity index (χ4v) is 3.50. The number of benzene rings is 4. The molecule has 0 saturated carbocycles. The Bertz CT molecular complexity index is 1380. The summed E-state index contributed by atoms with van der Waals surface area (Å²) in [6.45, 7) is 0.308. The summed E-state index contributed by atoms with van der Waals surface area (Å²) in [4.78, 5) is 22.7. The normalized spacial score (nSPS) is 10.9. The number of nitro benzene ring substituents is 1. The molecule has 0 fully saturated rings. The number of rotatable bonds is 8. The molecule has 4 rings (SSSR count). The topological polar surface area (TPSA) is 103 Å². The van der Waals surface area contributed by atoms with Gasteiger partial charge in [0.2, 0.25) is 0 Å². The van der Waals surface area contributed by atoms with E-state index in [9.17, 15) is 14.9 Å². The second-order valence-electron chi connectivity index (χ2n) is 7.31. The maximum absolute atomic E-state index is 12.3. The van der Waals surface area contributed by atoms with Gasteiger partial charge in [-0.2, -0.15) is 5.10 Å². The minimum absolute atomic E-state index is 0.129. The van der Waals surface area contributed by atoms with E-state index in [1.807, 2.05) is 42.5 Å². The van der Waals surface area contributed by atoms with E-state index in [0.717, 1.165) is 16.3 Å². The number of methoxy groups -OCH3 is 1. The summed E-state index contributed by atoms with van der Waals surface area (Å²) in [6.07, 6.45) is 1.44.